The number of nitrogens with zero attached hydrogens (tertiary/aromatic N) is 1. The van der Waals surface area contributed by atoms with Crippen molar-refractivity contribution < 1.29 is 41.1 Å². The Labute approximate surface area is 212 Å². The number of hydrogen-bond acceptors (Lipinski definition) is 7. The molecule has 0 radical (unpaired) electrons. The van der Waals surface area contributed by atoms with E-state index in [1.165, 1.54) is 30.3 Å². The number of aliphatic carboxylic acids is 1. The normalized spacial score (nSPS) is 11.9. The summed E-state index contributed by atoms with van der Waals surface area (Å²) in [5, 5.41) is 10.8. The number of carbonyl (C=O) groups excluding carboxylic acids is 1. The Kier molecular flexibility index (Phi) is 10.8. The van der Waals surface area contributed by atoms with Gasteiger partial charge in [-0.3, -0.25) is 14.3 Å². The molecule has 1 heterocycles. The van der Waals surface area contributed by atoms with Gasteiger partial charge in [0.2, 0.25) is 11.9 Å². The van der Waals surface area contributed by atoms with Gasteiger partial charge in [-0.2, -0.15) is 13.2 Å². The number of carbonyl (C=O) groups is 2. The molecule has 0 spiro atoms. The summed E-state index contributed by atoms with van der Waals surface area (Å²) in [5.41, 5.74) is 15.2. The number of guanidine groups is 1. The standard InChI is InChI=1S/C17H21ClN6O5S.C2HF3O2/c1-9-8-13(12(15(19)25)6-7-29-23-17(20)21)14(16(26)22-9)24-30(27,28)11-4-2-10(18)3-5-11;3-2(4,5)1(6)7/h2-5,8,12,24H,6-7H2,1H3,(H2,19,25)(H,22,26)(H4,20,21,23);(H,6,7). The van der Waals surface area contributed by atoms with Crippen LogP contribution in [0.25, 0.3) is 0 Å². The number of oxime groups is 1. The first-order chi connectivity index (χ1) is 17.0. The molecular weight excluding hydrogens is 549 g/mol. The van der Waals surface area contributed by atoms with Crippen LogP contribution in [0, 0.1) is 6.92 Å². The monoisotopic (exact) mass is 570 g/mol. The number of alkyl halides is 3. The second-order valence-corrected chi connectivity index (χ2v) is 9.19. The highest BCUT2D eigenvalue weighted by molar-refractivity contribution is 7.92. The number of carboxylic acids is 1. The van der Waals surface area contributed by atoms with E-state index in [1.807, 2.05) is 0 Å². The average molecular weight is 571 g/mol. The maximum Gasteiger partial charge on any atom is 0.490 e. The van der Waals surface area contributed by atoms with E-state index < -0.39 is 39.6 Å². The van der Waals surface area contributed by atoms with Gasteiger partial charge in [-0.15, -0.1) is 0 Å². The Balaban J connectivity index is 0.000000856. The van der Waals surface area contributed by atoms with Crippen molar-refractivity contribution >= 4 is 45.1 Å². The lowest BCUT2D eigenvalue weighted by atomic mass is 9.94. The van der Waals surface area contributed by atoms with Gasteiger partial charge in [-0.25, -0.2) is 13.2 Å². The molecule has 0 saturated heterocycles. The van der Waals surface area contributed by atoms with Crippen molar-refractivity contribution in [1.29, 1.82) is 0 Å². The number of amides is 1. The van der Waals surface area contributed by atoms with Crippen molar-refractivity contribution in [2.75, 3.05) is 11.3 Å². The van der Waals surface area contributed by atoms with Crippen LogP contribution >= 0.6 is 11.6 Å². The molecule has 1 unspecified atom stereocenters. The third-order valence-electron chi connectivity index (χ3n) is 4.19. The Morgan fingerprint density at radius 1 is 1.22 bits per heavy atom. The van der Waals surface area contributed by atoms with Gasteiger partial charge in [0, 0.05) is 10.7 Å². The van der Waals surface area contributed by atoms with Crippen LogP contribution in [-0.4, -0.2) is 49.1 Å². The van der Waals surface area contributed by atoms with Crippen LogP contribution in [0.4, 0.5) is 18.9 Å². The molecule has 1 aromatic heterocycles. The number of H-pyrrole nitrogens is 1. The number of aryl methyl sites for hydroxylation is 1. The number of aromatic amines is 1. The minimum atomic E-state index is -5.08. The van der Waals surface area contributed by atoms with Gasteiger partial charge in [-0.1, -0.05) is 11.6 Å². The molecule has 2 rings (SSSR count). The highest BCUT2D eigenvalue weighted by Crippen LogP contribution is 2.27. The molecule has 0 aliphatic rings. The summed E-state index contributed by atoms with van der Waals surface area (Å²) >= 11 is 5.79. The van der Waals surface area contributed by atoms with Gasteiger partial charge in [0.05, 0.1) is 10.8 Å². The van der Waals surface area contributed by atoms with Gasteiger partial charge in [0.25, 0.3) is 15.6 Å². The van der Waals surface area contributed by atoms with Crippen LogP contribution in [0.3, 0.4) is 0 Å². The second kappa shape index (κ2) is 12.8. The number of benzene rings is 1. The van der Waals surface area contributed by atoms with E-state index in [9.17, 15) is 31.2 Å². The summed E-state index contributed by atoms with van der Waals surface area (Å²) < 4.78 is 59.4. The zero-order chi connectivity index (χ0) is 28.6. The van der Waals surface area contributed by atoms with Crippen LogP contribution in [0.2, 0.25) is 5.02 Å². The Bertz CT molecular complexity index is 1310. The Morgan fingerprint density at radius 2 is 1.76 bits per heavy atom. The summed E-state index contributed by atoms with van der Waals surface area (Å²) in [6.45, 7) is 1.47. The maximum atomic E-state index is 12.7. The fraction of sp³-hybridized carbons (Fsp3) is 0.263. The molecule has 0 saturated carbocycles. The predicted octanol–water partition coefficient (Wildman–Crippen LogP) is 0.935. The zero-order valence-electron chi connectivity index (χ0n) is 18.9. The Morgan fingerprint density at radius 3 is 2.22 bits per heavy atom. The highest BCUT2D eigenvalue weighted by Gasteiger charge is 2.38. The van der Waals surface area contributed by atoms with E-state index in [0.29, 0.717) is 10.7 Å². The minimum Gasteiger partial charge on any atom is -0.475 e. The molecule has 9 N–H and O–H groups in total. The molecule has 0 bridgehead atoms. The molecule has 1 atom stereocenters. The van der Waals surface area contributed by atoms with Gasteiger partial charge < -0.3 is 32.1 Å². The van der Waals surface area contributed by atoms with Crippen molar-refractivity contribution in [2.45, 2.75) is 30.3 Å². The van der Waals surface area contributed by atoms with Crippen molar-refractivity contribution in [3.05, 3.63) is 57.0 Å². The number of pyridine rings is 1. The van der Waals surface area contributed by atoms with Gasteiger partial charge >= 0.3 is 12.1 Å². The quantitative estimate of drug-likeness (QED) is 0.109. The van der Waals surface area contributed by atoms with Gasteiger partial charge in [0.1, 0.15) is 12.3 Å². The number of nitrogens with one attached hydrogen (secondary N) is 2. The minimum absolute atomic E-state index is 0.00925. The topological polar surface area (TPSA) is 233 Å². The van der Waals surface area contributed by atoms with Gasteiger partial charge in [0.15, 0.2) is 0 Å². The van der Waals surface area contributed by atoms with Crippen molar-refractivity contribution in [3.63, 3.8) is 0 Å². The number of rotatable bonds is 9. The van der Waals surface area contributed by atoms with Crippen LogP contribution in [-0.2, 0) is 24.4 Å². The fourth-order valence-corrected chi connectivity index (χ4v) is 3.86. The summed E-state index contributed by atoms with van der Waals surface area (Å²) in [5.74, 6) is -4.91. The molecule has 204 valence electrons. The number of primary amides is 1. The summed E-state index contributed by atoms with van der Waals surface area (Å²) in [6.07, 6.45) is -5.09. The van der Waals surface area contributed by atoms with Crippen molar-refractivity contribution in [3.8, 4) is 0 Å². The van der Waals surface area contributed by atoms with E-state index >= 15 is 0 Å². The van der Waals surface area contributed by atoms with Crippen LogP contribution in [0.5, 0.6) is 0 Å². The largest absolute Gasteiger partial charge is 0.490 e. The molecule has 18 heteroatoms. The maximum absolute atomic E-state index is 12.7. The molecule has 37 heavy (non-hydrogen) atoms. The third kappa shape index (κ3) is 9.88. The molecule has 2 aromatic rings. The number of hydrogen-bond donors (Lipinski definition) is 6. The van der Waals surface area contributed by atoms with Crippen LogP contribution < -0.4 is 27.5 Å². The SMILES string of the molecule is Cc1cc(C(CCON=C(N)N)C(N)=O)c(NS(=O)(=O)c2ccc(Cl)cc2)c(=O)[nH]1.O=C(O)C(F)(F)F. The number of aromatic nitrogens is 1. The molecular formula is C19H22ClF3N6O7S. The van der Waals surface area contributed by atoms with E-state index in [0.717, 1.165) is 0 Å². The first-order valence-electron chi connectivity index (χ1n) is 9.78. The Hall–Kier alpha value is -3.99. The van der Waals surface area contributed by atoms with E-state index in [2.05, 4.69) is 14.9 Å². The van der Waals surface area contributed by atoms with Crippen molar-refractivity contribution in [1.82, 2.24) is 4.98 Å². The zero-order valence-corrected chi connectivity index (χ0v) is 20.4. The summed E-state index contributed by atoms with van der Waals surface area (Å²) in [6, 6.07) is 6.80. The molecule has 13 nitrogen and oxygen atoms in total. The second-order valence-electron chi connectivity index (χ2n) is 7.07. The predicted molar refractivity (Wildman–Crippen MR) is 126 cm³/mol. The summed E-state index contributed by atoms with van der Waals surface area (Å²) in [7, 11) is -4.15. The first-order valence-corrected chi connectivity index (χ1v) is 11.6. The van der Waals surface area contributed by atoms with E-state index in [4.69, 9.17) is 43.5 Å². The third-order valence-corrected chi connectivity index (χ3v) is 5.81. The van der Waals surface area contributed by atoms with Crippen molar-refractivity contribution in [2.24, 2.45) is 22.4 Å². The lowest BCUT2D eigenvalue weighted by Crippen LogP contribution is -2.29. The van der Waals surface area contributed by atoms with Crippen LogP contribution in [0.1, 0.15) is 23.6 Å². The number of sulfonamides is 1. The van der Waals surface area contributed by atoms with E-state index in [1.54, 1.807) is 6.92 Å². The molecule has 1 amide bonds. The molecule has 0 aliphatic carbocycles. The fourth-order valence-electron chi connectivity index (χ4n) is 2.64. The molecule has 0 fully saturated rings. The number of nitrogens with two attached hydrogens (primary N) is 3. The molecule has 0 aliphatic heterocycles. The average Bonchev–Trinajstić information content (AvgIpc) is 2.75. The highest BCUT2D eigenvalue weighted by atomic mass is 35.5. The lowest BCUT2D eigenvalue weighted by Gasteiger charge is -2.18. The molecule has 1 aromatic carbocycles. The summed E-state index contributed by atoms with van der Waals surface area (Å²) in [4.78, 5) is 40.7. The first kappa shape index (κ1) is 31.0. The van der Waals surface area contributed by atoms with E-state index in [-0.39, 0.29) is 35.1 Å². The number of halogens is 4. The smallest absolute Gasteiger partial charge is 0.475 e. The lowest BCUT2D eigenvalue weighted by molar-refractivity contribution is -0.192. The van der Waals surface area contributed by atoms with Crippen LogP contribution in [0.15, 0.2) is 45.2 Å². The van der Waals surface area contributed by atoms with Gasteiger partial charge in [-0.05, 0) is 54.4 Å². The number of carboxylic acid groups (broad SMARTS) is 1. The number of anilines is 1.